The summed E-state index contributed by atoms with van der Waals surface area (Å²) < 4.78 is 26.4. The fourth-order valence-corrected chi connectivity index (χ4v) is 3.16. The molecule has 1 aromatic rings. The van der Waals surface area contributed by atoms with E-state index in [1.54, 1.807) is 6.07 Å². The first kappa shape index (κ1) is 16.4. The number of hydrogen-bond donors (Lipinski definition) is 1. The smallest absolute Gasteiger partial charge is 0.159 e. The largest absolute Gasteiger partial charge is 0.313 e. The van der Waals surface area contributed by atoms with Gasteiger partial charge in [-0.05, 0) is 57.0 Å². The maximum Gasteiger partial charge on any atom is 0.159 e. The molecule has 1 heterocycles. The topological polar surface area (TPSA) is 15.3 Å². The van der Waals surface area contributed by atoms with E-state index in [1.807, 2.05) is 0 Å². The van der Waals surface area contributed by atoms with Crippen molar-refractivity contribution in [3.8, 4) is 0 Å². The first-order chi connectivity index (χ1) is 10.1. The SMILES string of the molecule is CCCNC(C)C1CCCCN1Cc1ccc(F)c(F)c1. The Balaban J connectivity index is 2.02. The highest BCUT2D eigenvalue weighted by atomic mass is 19.2. The van der Waals surface area contributed by atoms with Crippen LogP contribution in [0.1, 0.15) is 45.1 Å². The van der Waals surface area contributed by atoms with E-state index in [9.17, 15) is 8.78 Å². The van der Waals surface area contributed by atoms with Crippen LogP contribution in [0.5, 0.6) is 0 Å². The van der Waals surface area contributed by atoms with Gasteiger partial charge in [0, 0.05) is 18.6 Å². The maximum absolute atomic E-state index is 13.3. The molecule has 118 valence electrons. The molecule has 21 heavy (non-hydrogen) atoms. The van der Waals surface area contributed by atoms with E-state index >= 15 is 0 Å². The van der Waals surface area contributed by atoms with Crippen LogP contribution in [0, 0.1) is 11.6 Å². The van der Waals surface area contributed by atoms with Gasteiger partial charge in [0.1, 0.15) is 0 Å². The van der Waals surface area contributed by atoms with Gasteiger partial charge in [0.25, 0.3) is 0 Å². The van der Waals surface area contributed by atoms with Gasteiger partial charge >= 0.3 is 0 Å². The van der Waals surface area contributed by atoms with Crippen molar-refractivity contribution >= 4 is 0 Å². The molecule has 0 saturated carbocycles. The summed E-state index contributed by atoms with van der Waals surface area (Å²) in [6.45, 7) is 7.14. The lowest BCUT2D eigenvalue weighted by molar-refractivity contribution is 0.111. The Labute approximate surface area is 126 Å². The molecule has 2 unspecified atom stereocenters. The Hall–Kier alpha value is -1.00. The van der Waals surface area contributed by atoms with Gasteiger partial charge < -0.3 is 5.32 Å². The van der Waals surface area contributed by atoms with Crippen molar-refractivity contribution in [2.75, 3.05) is 13.1 Å². The first-order valence-corrected chi connectivity index (χ1v) is 8.03. The molecule has 2 atom stereocenters. The molecule has 0 bridgehead atoms. The summed E-state index contributed by atoms with van der Waals surface area (Å²) >= 11 is 0. The predicted octanol–water partition coefficient (Wildman–Crippen LogP) is 3.71. The van der Waals surface area contributed by atoms with Crippen LogP contribution in [0.25, 0.3) is 0 Å². The van der Waals surface area contributed by atoms with Crippen LogP contribution in [-0.2, 0) is 6.54 Å². The van der Waals surface area contributed by atoms with Crippen LogP contribution >= 0.6 is 0 Å². The highest BCUT2D eigenvalue weighted by Gasteiger charge is 2.27. The lowest BCUT2D eigenvalue weighted by atomic mass is 9.95. The number of rotatable bonds is 6. The lowest BCUT2D eigenvalue weighted by Crippen LogP contribution is -2.50. The third kappa shape index (κ3) is 4.48. The third-order valence-electron chi connectivity index (χ3n) is 4.33. The standard InChI is InChI=1S/C17H26F2N2/c1-3-9-20-13(2)17-6-4-5-10-21(17)12-14-7-8-15(18)16(19)11-14/h7-8,11,13,17,20H,3-6,9-10,12H2,1-2H3. The van der Waals surface area contributed by atoms with Crippen molar-refractivity contribution in [2.24, 2.45) is 0 Å². The van der Waals surface area contributed by atoms with Gasteiger partial charge in [0.2, 0.25) is 0 Å². The maximum atomic E-state index is 13.3. The molecule has 2 rings (SSSR count). The Morgan fingerprint density at radius 2 is 2.10 bits per heavy atom. The molecule has 0 spiro atoms. The quantitative estimate of drug-likeness (QED) is 0.861. The van der Waals surface area contributed by atoms with E-state index < -0.39 is 11.6 Å². The predicted molar refractivity (Wildman–Crippen MR) is 82.2 cm³/mol. The summed E-state index contributed by atoms with van der Waals surface area (Å²) in [7, 11) is 0. The molecule has 0 aromatic heterocycles. The van der Waals surface area contributed by atoms with E-state index in [2.05, 4.69) is 24.1 Å². The van der Waals surface area contributed by atoms with Gasteiger partial charge in [-0.25, -0.2) is 8.78 Å². The van der Waals surface area contributed by atoms with E-state index in [0.29, 0.717) is 18.6 Å². The Morgan fingerprint density at radius 1 is 1.29 bits per heavy atom. The van der Waals surface area contributed by atoms with Crippen molar-refractivity contribution in [3.63, 3.8) is 0 Å². The number of piperidine rings is 1. The molecule has 0 radical (unpaired) electrons. The first-order valence-electron chi connectivity index (χ1n) is 8.03. The van der Waals surface area contributed by atoms with Gasteiger partial charge in [-0.3, -0.25) is 4.90 Å². The second-order valence-corrected chi connectivity index (χ2v) is 6.02. The second kappa shape index (κ2) is 7.85. The van der Waals surface area contributed by atoms with Gasteiger partial charge in [-0.15, -0.1) is 0 Å². The van der Waals surface area contributed by atoms with Crippen LogP contribution in [0.4, 0.5) is 8.78 Å². The minimum atomic E-state index is -0.771. The molecule has 1 fully saturated rings. The molecular weight excluding hydrogens is 270 g/mol. The zero-order valence-electron chi connectivity index (χ0n) is 13.0. The Bertz CT molecular complexity index is 450. The minimum absolute atomic E-state index is 0.426. The van der Waals surface area contributed by atoms with Gasteiger partial charge in [0.05, 0.1) is 0 Å². The number of likely N-dealkylation sites (tertiary alicyclic amines) is 1. The van der Waals surface area contributed by atoms with Crippen LogP contribution in [0.15, 0.2) is 18.2 Å². The zero-order chi connectivity index (χ0) is 15.2. The second-order valence-electron chi connectivity index (χ2n) is 6.02. The third-order valence-corrected chi connectivity index (χ3v) is 4.33. The molecule has 1 aromatic carbocycles. The van der Waals surface area contributed by atoms with Gasteiger partial charge in [0.15, 0.2) is 11.6 Å². The number of hydrogen-bond acceptors (Lipinski definition) is 2. The molecule has 1 N–H and O–H groups in total. The van der Waals surface area contributed by atoms with Gasteiger partial charge in [-0.2, -0.15) is 0 Å². The van der Waals surface area contributed by atoms with Crippen LogP contribution in [-0.4, -0.2) is 30.1 Å². The highest BCUT2D eigenvalue weighted by molar-refractivity contribution is 5.18. The molecule has 1 saturated heterocycles. The van der Waals surface area contributed by atoms with Crippen molar-refractivity contribution in [1.82, 2.24) is 10.2 Å². The molecule has 1 aliphatic heterocycles. The molecule has 0 aliphatic carbocycles. The number of benzene rings is 1. The number of nitrogens with one attached hydrogen (secondary N) is 1. The van der Waals surface area contributed by atoms with Crippen LogP contribution in [0.2, 0.25) is 0 Å². The molecule has 4 heteroatoms. The minimum Gasteiger partial charge on any atom is -0.313 e. The summed E-state index contributed by atoms with van der Waals surface area (Å²) in [4.78, 5) is 2.41. The van der Waals surface area contributed by atoms with Crippen LogP contribution in [0.3, 0.4) is 0 Å². The zero-order valence-corrected chi connectivity index (χ0v) is 13.0. The number of halogens is 2. The normalized spacial score (nSPS) is 21.4. The summed E-state index contributed by atoms with van der Waals surface area (Å²) in [5.41, 5.74) is 0.850. The summed E-state index contributed by atoms with van der Waals surface area (Å²) in [5.74, 6) is -1.52. The fraction of sp³-hybridized carbons (Fsp3) is 0.647. The van der Waals surface area contributed by atoms with E-state index in [0.717, 1.165) is 25.1 Å². The molecular formula is C17H26F2N2. The summed E-state index contributed by atoms with van der Waals surface area (Å²) in [6, 6.07) is 5.14. The molecule has 0 amide bonds. The average molecular weight is 296 g/mol. The Kier molecular flexibility index (Phi) is 6.12. The van der Waals surface area contributed by atoms with E-state index in [1.165, 1.54) is 31.4 Å². The fourth-order valence-electron chi connectivity index (χ4n) is 3.16. The van der Waals surface area contributed by atoms with E-state index in [4.69, 9.17) is 0 Å². The van der Waals surface area contributed by atoms with E-state index in [-0.39, 0.29) is 0 Å². The van der Waals surface area contributed by atoms with Crippen molar-refractivity contribution < 1.29 is 8.78 Å². The average Bonchev–Trinajstić information content (AvgIpc) is 2.49. The summed E-state index contributed by atoms with van der Waals surface area (Å²) in [5, 5.41) is 3.56. The van der Waals surface area contributed by atoms with Gasteiger partial charge in [-0.1, -0.05) is 19.4 Å². The summed E-state index contributed by atoms with van der Waals surface area (Å²) in [6.07, 6.45) is 4.72. The number of nitrogens with zero attached hydrogens (tertiary/aromatic N) is 1. The van der Waals surface area contributed by atoms with Crippen molar-refractivity contribution in [1.29, 1.82) is 0 Å². The van der Waals surface area contributed by atoms with Crippen molar-refractivity contribution in [2.45, 2.75) is 58.2 Å². The van der Waals surface area contributed by atoms with Crippen molar-refractivity contribution in [3.05, 3.63) is 35.4 Å². The highest BCUT2D eigenvalue weighted by Crippen LogP contribution is 2.22. The molecule has 2 nitrogen and oxygen atoms in total. The monoisotopic (exact) mass is 296 g/mol. The Morgan fingerprint density at radius 3 is 2.81 bits per heavy atom. The van der Waals surface area contributed by atoms with Crippen LogP contribution < -0.4 is 5.32 Å². The lowest BCUT2D eigenvalue weighted by Gasteiger charge is -2.39. The molecule has 1 aliphatic rings.